The Bertz CT molecular complexity index is 736. The Morgan fingerprint density at radius 3 is 2.84 bits per heavy atom. The van der Waals surface area contributed by atoms with Gasteiger partial charge in [-0.1, -0.05) is 12.8 Å². The number of hydrogen-bond acceptors (Lipinski definition) is 4. The molecule has 0 aromatic heterocycles. The number of rotatable bonds is 3. The molecule has 2 aliphatic rings. The first-order valence-electron chi connectivity index (χ1n) is 8.47. The van der Waals surface area contributed by atoms with Gasteiger partial charge < -0.3 is 15.7 Å². The van der Waals surface area contributed by atoms with Crippen molar-refractivity contribution in [2.45, 2.75) is 55.2 Å². The van der Waals surface area contributed by atoms with Crippen LogP contribution in [0.4, 0.5) is 5.69 Å². The summed E-state index contributed by atoms with van der Waals surface area (Å²) in [5, 5.41) is 15.0. The molecule has 0 bridgehead atoms. The molecule has 0 saturated heterocycles. The van der Waals surface area contributed by atoms with E-state index in [2.05, 4.69) is 10.6 Å². The fraction of sp³-hybridized carbons (Fsp3) is 0.500. The number of thioether (sulfide) groups is 1. The van der Waals surface area contributed by atoms with Gasteiger partial charge in [0.05, 0.1) is 22.4 Å². The van der Waals surface area contributed by atoms with Crippen LogP contribution in [0.2, 0.25) is 0 Å². The predicted octanol–water partition coefficient (Wildman–Crippen LogP) is 2.88. The lowest BCUT2D eigenvalue weighted by Gasteiger charge is -2.39. The molecule has 3 unspecified atom stereocenters. The highest BCUT2D eigenvalue weighted by Gasteiger charge is 2.42. The first-order valence-corrected chi connectivity index (χ1v) is 9.35. The van der Waals surface area contributed by atoms with Crippen LogP contribution < -0.4 is 10.6 Å². The van der Waals surface area contributed by atoms with E-state index in [1.54, 1.807) is 19.1 Å². The van der Waals surface area contributed by atoms with E-state index in [0.29, 0.717) is 24.1 Å². The van der Waals surface area contributed by atoms with Gasteiger partial charge in [-0.25, -0.2) is 0 Å². The second-order valence-electron chi connectivity index (χ2n) is 6.97. The van der Waals surface area contributed by atoms with E-state index in [9.17, 15) is 19.5 Å². The third kappa shape index (κ3) is 3.51. The molecule has 3 atom stereocenters. The number of aliphatic carboxylic acids is 1. The molecule has 7 heteroatoms. The highest BCUT2D eigenvalue weighted by molar-refractivity contribution is 8.00. The summed E-state index contributed by atoms with van der Waals surface area (Å²) in [4.78, 5) is 37.0. The van der Waals surface area contributed by atoms with Gasteiger partial charge in [0.1, 0.15) is 0 Å². The zero-order valence-electron chi connectivity index (χ0n) is 14.3. The maximum Gasteiger partial charge on any atom is 0.308 e. The molecule has 3 N–H and O–H groups in total. The standard InChI is InChI=1S/C18H22N2O4S/c1-10-15(21)19-13-9-11(6-7-14(13)25-10)16(22)20-18(2)8-4-3-5-12(18)17(23)24/h6-7,9-10,12H,3-5,8H2,1-2H3,(H,19,21)(H,20,22)(H,23,24). The van der Waals surface area contributed by atoms with Crippen molar-refractivity contribution in [3.63, 3.8) is 0 Å². The molecule has 1 saturated carbocycles. The lowest BCUT2D eigenvalue weighted by Crippen LogP contribution is -2.55. The van der Waals surface area contributed by atoms with Gasteiger partial charge in [-0.15, -0.1) is 11.8 Å². The Hall–Kier alpha value is -2.02. The first-order chi connectivity index (χ1) is 11.8. The summed E-state index contributed by atoms with van der Waals surface area (Å²) in [6, 6.07) is 5.19. The minimum Gasteiger partial charge on any atom is -0.481 e. The largest absolute Gasteiger partial charge is 0.481 e. The van der Waals surface area contributed by atoms with Gasteiger partial charge in [-0.3, -0.25) is 14.4 Å². The molecular weight excluding hydrogens is 340 g/mol. The van der Waals surface area contributed by atoms with Crippen LogP contribution in [-0.2, 0) is 9.59 Å². The van der Waals surface area contributed by atoms with Crippen LogP contribution in [0, 0.1) is 5.92 Å². The molecule has 1 heterocycles. The van der Waals surface area contributed by atoms with Crippen molar-refractivity contribution in [2.24, 2.45) is 5.92 Å². The molecule has 134 valence electrons. The quantitative estimate of drug-likeness (QED) is 0.768. The molecule has 3 rings (SSSR count). The van der Waals surface area contributed by atoms with E-state index in [1.165, 1.54) is 11.8 Å². The monoisotopic (exact) mass is 362 g/mol. The van der Waals surface area contributed by atoms with Gasteiger partial charge >= 0.3 is 5.97 Å². The van der Waals surface area contributed by atoms with Gasteiger partial charge in [-0.2, -0.15) is 0 Å². The van der Waals surface area contributed by atoms with E-state index < -0.39 is 17.4 Å². The molecule has 2 amide bonds. The van der Waals surface area contributed by atoms with Crippen molar-refractivity contribution in [3.8, 4) is 0 Å². The van der Waals surface area contributed by atoms with Gasteiger partial charge in [0.25, 0.3) is 5.91 Å². The molecule has 1 aromatic carbocycles. The molecule has 6 nitrogen and oxygen atoms in total. The second kappa shape index (κ2) is 6.71. The van der Waals surface area contributed by atoms with Crippen LogP contribution in [0.3, 0.4) is 0 Å². The third-order valence-electron chi connectivity index (χ3n) is 5.08. The van der Waals surface area contributed by atoms with Gasteiger partial charge in [-0.05, 0) is 44.9 Å². The average Bonchev–Trinajstić information content (AvgIpc) is 2.55. The van der Waals surface area contributed by atoms with Gasteiger partial charge in [0.2, 0.25) is 5.91 Å². The van der Waals surface area contributed by atoms with Crippen LogP contribution in [0.25, 0.3) is 0 Å². The molecule has 1 aromatic rings. The van der Waals surface area contributed by atoms with Crippen molar-refractivity contribution < 1.29 is 19.5 Å². The summed E-state index contributed by atoms with van der Waals surface area (Å²) in [6.07, 6.45) is 2.98. The van der Waals surface area contributed by atoms with E-state index in [0.717, 1.165) is 17.7 Å². The molecule has 0 spiro atoms. The molecule has 1 fully saturated rings. The van der Waals surface area contributed by atoms with Crippen LogP contribution in [0.1, 0.15) is 49.9 Å². The summed E-state index contributed by atoms with van der Waals surface area (Å²) in [6.45, 7) is 3.64. The summed E-state index contributed by atoms with van der Waals surface area (Å²) in [5.74, 6) is -1.85. The summed E-state index contributed by atoms with van der Waals surface area (Å²) in [5.41, 5.74) is 0.290. The summed E-state index contributed by atoms with van der Waals surface area (Å²) >= 11 is 1.46. The van der Waals surface area contributed by atoms with Gasteiger partial charge in [0, 0.05) is 10.5 Å². The Kier molecular flexibility index (Phi) is 4.77. The average molecular weight is 362 g/mol. The molecule has 25 heavy (non-hydrogen) atoms. The number of nitrogens with one attached hydrogen (secondary N) is 2. The maximum atomic E-state index is 12.7. The number of carbonyl (C=O) groups is 3. The van der Waals surface area contributed by atoms with Crippen LogP contribution in [0.5, 0.6) is 0 Å². The lowest BCUT2D eigenvalue weighted by atomic mass is 9.73. The second-order valence-corrected chi connectivity index (χ2v) is 8.35. The summed E-state index contributed by atoms with van der Waals surface area (Å²) < 4.78 is 0. The van der Waals surface area contributed by atoms with Gasteiger partial charge in [0.15, 0.2) is 0 Å². The molecular formula is C18H22N2O4S. The zero-order chi connectivity index (χ0) is 18.2. The number of carboxylic acids is 1. The minimum absolute atomic E-state index is 0.0831. The normalized spacial score (nSPS) is 28.6. The predicted molar refractivity (Wildman–Crippen MR) is 95.9 cm³/mol. The molecule has 1 aliphatic heterocycles. The van der Waals surface area contributed by atoms with E-state index in [-0.39, 0.29) is 17.1 Å². The fourth-order valence-electron chi connectivity index (χ4n) is 3.56. The number of amides is 2. The van der Waals surface area contributed by atoms with Crippen molar-refractivity contribution in [2.75, 3.05) is 5.32 Å². The fourth-order valence-corrected chi connectivity index (χ4v) is 4.49. The SMILES string of the molecule is CC1Sc2ccc(C(=O)NC3(C)CCCCC3C(=O)O)cc2NC1=O. The van der Waals surface area contributed by atoms with Crippen LogP contribution in [0.15, 0.2) is 23.1 Å². The maximum absolute atomic E-state index is 12.7. The number of carbonyl (C=O) groups excluding carboxylic acids is 2. The number of hydrogen-bond donors (Lipinski definition) is 3. The smallest absolute Gasteiger partial charge is 0.308 e. The zero-order valence-corrected chi connectivity index (χ0v) is 15.1. The Morgan fingerprint density at radius 2 is 2.12 bits per heavy atom. The highest BCUT2D eigenvalue weighted by Crippen LogP contribution is 2.37. The Balaban J connectivity index is 1.80. The van der Waals surface area contributed by atoms with E-state index in [1.807, 2.05) is 13.0 Å². The summed E-state index contributed by atoms with van der Waals surface area (Å²) in [7, 11) is 0. The van der Waals surface area contributed by atoms with Crippen molar-refractivity contribution in [1.29, 1.82) is 0 Å². The first kappa shape index (κ1) is 17.8. The number of benzene rings is 1. The Morgan fingerprint density at radius 1 is 1.36 bits per heavy atom. The van der Waals surface area contributed by atoms with Crippen molar-refractivity contribution in [1.82, 2.24) is 5.32 Å². The number of fused-ring (bicyclic) bond motifs is 1. The van der Waals surface area contributed by atoms with Crippen LogP contribution >= 0.6 is 11.8 Å². The third-order valence-corrected chi connectivity index (χ3v) is 6.26. The van der Waals surface area contributed by atoms with Crippen molar-refractivity contribution >= 4 is 35.2 Å². The Labute approximate surface area is 150 Å². The van der Waals surface area contributed by atoms with Crippen molar-refractivity contribution in [3.05, 3.63) is 23.8 Å². The van der Waals surface area contributed by atoms with E-state index in [4.69, 9.17) is 0 Å². The van der Waals surface area contributed by atoms with E-state index >= 15 is 0 Å². The number of anilines is 1. The highest BCUT2D eigenvalue weighted by atomic mass is 32.2. The number of carboxylic acid groups (broad SMARTS) is 1. The molecule has 1 aliphatic carbocycles. The van der Waals surface area contributed by atoms with Crippen LogP contribution in [-0.4, -0.2) is 33.7 Å². The topological polar surface area (TPSA) is 95.5 Å². The lowest BCUT2D eigenvalue weighted by molar-refractivity contribution is -0.145. The minimum atomic E-state index is -0.870. The molecule has 0 radical (unpaired) electrons.